The first kappa shape index (κ1) is 21.3. The molecule has 0 saturated carbocycles. The number of hydrogen-bond donors (Lipinski definition) is 0. The van der Waals surface area contributed by atoms with Gasteiger partial charge in [-0.05, 0) is 39.0 Å². The molecule has 0 bridgehead atoms. The molecule has 1 heterocycles. The highest BCUT2D eigenvalue weighted by atomic mass is 16.2. The largest absolute Gasteiger partial charge is 0.343 e. The van der Waals surface area contributed by atoms with E-state index in [2.05, 4.69) is 24.0 Å². The number of unbranched alkanes of at least 4 members (excludes halogenated alkanes) is 12. The molecule has 0 unspecified atom stereocenters. The zero-order valence-electron chi connectivity index (χ0n) is 16.2. The number of hydrogen-bond acceptors (Lipinski definition) is 1. The van der Waals surface area contributed by atoms with Crippen molar-refractivity contribution in [1.82, 2.24) is 4.90 Å². The lowest BCUT2D eigenvalue weighted by Crippen LogP contribution is -2.27. The van der Waals surface area contributed by atoms with Crippen LogP contribution in [-0.4, -0.2) is 23.9 Å². The Morgan fingerprint density at radius 1 is 0.750 bits per heavy atom. The molecule has 0 aliphatic carbocycles. The molecule has 2 heteroatoms. The summed E-state index contributed by atoms with van der Waals surface area (Å²) < 4.78 is 0. The summed E-state index contributed by atoms with van der Waals surface area (Å²) in [6.07, 6.45) is 25.2. The fourth-order valence-electron chi connectivity index (χ4n) is 3.60. The first-order chi connectivity index (χ1) is 11.8. The smallest absolute Gasteiger partial charge is 0.222 e. The molecule has 0 atom stereocenters. The summed E-state index contributed by atoms with van der Waals surface area (Å²) in [5.41, 5.74) is 0. The van der Waals surface area contributed by atoms with Crippen molar-refractivity contribution in [3.8, 4) is 0 Å². The predicted molar refractivity (Wildman–Crippen MR) is 105 cm³/mol. The van der Waals surface area contributed by atoms with Gasteiger partial charge in [0.25, 0.3) is 0 Å². The molecule has 140 valence electrons. The summed E-state index contributed by atoms with van der Waals surface area (Å²) in [7, 11) is 0. The molecule has 1 saturated heterocycles. The Morgan fingerprint density at radius 3 is 1.71 bits per heavy atom. The van der Waals surface area contributed by atoms with Gasteiger partial charge in [0.15, 0.2) is 0 Å². The van der Waals surface area contributed by atoms with Crippen LogP contribution in [0.1, 0.15) is 110 Å². The van der Waals surface area contributed by atoms with Crippen LogP contribution in [-0.2, 0) is 4.79 Å². The number of carbonyl (C=O) groups is 1. The van der Waals surface area contributed by atoms with E-state index in [1.807, 2.05) is 0 Å². The van der Waals surface area contributed by atoms with E-state index in [-0.39, 0.29) is 0 Å². The molecule has 0 aromatic heterocycles. The number of likely N-dealkylation sites (tertiary alicyclic amines) is 1. The Morgan fingerprint density at radius 2 is 1.21 bits per heavy atom. The molecular weight excluding hydrogens is 294 g/mol. The Bertz CT molecular complexity index is 318. The second-order valence-corrected chi connectivity index (χ2v) is 7.44. The van der Waals surface area contributed by atoms with Crippen LogP contribution in [0.15, 0.2) is 12.2 Å². The molecule has 1 rings (SSSR count). The zero-order chi connectivity index (χ0) is 17.3. The minimum absolute atomic E-state index is 0.401. The topological polar surface area (TPSA) is 20.3 Å². The van der Waals surface area contributed by atoms with Crippen LogP contribution in [0.4, 0.5) is 0 Å². The molecule has 0 radical (unpaired) electrons. The first-order valence-electron chi connectivity index (χ1n) is 10.7. The van der Waals surface area contributed by atoms with Crippen molar-refractivity contribution < 1.29 is 4.79 Å². The normalized spacial score (nSPS) is 14.8. The van der Waals surface area contributed by atoms with E-state index < -0.39 is 0 Å². The fourth-order valence-corrected chi connectivity index (χ4v) is 3.60. The third-order valence-electron chi connectivity index (χ3n) is 5.21. The van der Waals surface area contributed by atoms with Gasteiger partial charge in [-0.2, -0.15) is 0 Å². The Balaban J connectivity index is 1.72. The molecule has 0 spiro atoms. The van der Waals surface area contributed by atoms with Gasteiger partial charge in [-0.25, -0.2) is 0 Å². The third kappa shape index (κ3) is 11.7. The predicted octanol–water partition coefficient (Wildman–Crippen LogP) is 6.65. The highest BCUT2D eigenvalue weighted by molar-refractivity contribution is 5.76. The van der Waals surface area contributed by atoms with E-state index in [4.69, 9.17) is 0 Å². The van der Waals surface area contributed by atoms with Crippen LogP contribution >= 0.6 is 0 Å². The van der Waals surface area contributed by atoms with Gasteiger partial charge in [-0.15, -0.1) is 0 Å². The number of allylic oxidation sites excluding steroid dienone is 2. The van der Waals surface area contributed by atoms with Crippen LogP contribution in [0.2, 0.25) is 0 Å². The van der Waals surface area contributed by atoms with Crippen LogP contribution in [0.25, 0.3) is 0 Å². The molecule has 1 fully saturated rings. The molecule has 1 aliphatic rings. The van der Waals surface area contributed by atoms with Crippen LogP contribution in [0.3, 0.4) is 0 Å². The second-order valence-electron chi connectivity index (χ2n) is 7.44. The Hall–Kier alpha value is -0.790. The lowest BCUT2D eigenvalue weighted by molar-refractivity contribution is -0.130. The van der Waals surface area contributed by atoms with E-state index >= 15 is 0 Å². The van der Waals surface area contributed by atoms with Gasteiger partial charge in [-0.3, -0.25) is 4.79 Å². The summed E-state index contributed by atoms with van der Waals surface area (Å²) in [6.45, 7) is 4.12. The number of carbonyl (C=O) groups excluding carboxylic acids is 1. The van der Waals surface area contributed by atoms with Gasteiger partial charge >= 0.3 is 0 Å². The van der Waals surface area contributed by atoms with Crippen molar-refractivity contribution in [3.63, 3.8) is 0 Å². The van der Waals surface area contributed by atoms with E-state index in [1.165, 1.54) is 89.9 Å². The highest BCUT2D eigenvalue weighted by Gasteiger charge is 2.16. The lowest BCUT2D eigenvalue weighted by atomic mass is 10.0. The van der Waals surface area contributed by atoms with Crippen molar-refractivity contribution in [1.29, 1.82) is 0 Å². The van der Waals surface area contributed by atoms with Crippen LogP contribution in [0, 0.1) is 0 Å². The van der Waals surface area contributed by atoms with Crippen molar-refractivity contribution in [2.45, 2.75) is 110 Å². The van der Waals surface area contributed by atoms with E-state index in [9.17, 15) is 4.79 Å². The summed E-state index contributed by atoms with van der Waals surface area (Å²) in [6, 6.07) is 0. The van der Waals surface area contributed by atoms with Gasteiger partial charge < -0.3 is 4.90 Å². The van der Waals surface area contributed by atoms with E-state index in [1.54, 1.807) is 0 Å². The van der Waals surface area contributed by atoms with Gasteiger partial charge in [0.1, 0.15) is 0 Å². The van der Waals surface area contributed by atoms with Crippen LogP contribution < -0.4 is 0 Å². The average Bonchev–Trinajstić information content (AvgIpc) is 3.13. The van der Waals surface area contributed by atoms with Gasteiger partial charge in [0.05, 0.1) is 0 Å². The van der Waals surface area contributed by atoms with Crippen molar-refractivity contribution >= 4 is 5.91 Å². The molecule has 1 aliphatic heterocycles. The SMILES string of the molecule is CC=CCCCCCCCCCCCCCCC(=O)N1CCCC1. The fraction of sp³-hybridized carbons (Fsp3) is 0.864. The van der Waals surface area contributed by atoms with E-state index in [0.717, 1.165) is 25.9 Å². The summed E-state index contributed by atoms with van der Waals surface area (Å²) in [4.78, 5) is 14.0. The molecule has 1 amide bonds. The summed E-state index contributed by atoms with van der Waals surface area (Å²) in [5.74, 6) is 0.401. The third-order valence-corrected chi connectivity index (χ3v) is 5.21. The van der Waals surface area contributed by atoms with Crippen molar-refractivity contribution in [2.75, 3.05) is 13.1 Å². The minimum Gasteiger partial charge on any atom is -0.343 e. The standard InChI is InChI=1S/C22H41NO/c1-2-3-4-5-6-7-8-9-10-11-12-13-14-15-16-19-22(24)23-20-17-18-21-23/h2-3H,4-21H2,1H3. The monoisotopic (exact) mass is 335 g/mol. The summed E-state index contributed by atoms with van der Waals surface area (Å²) >= 11 is 0. The maximum Gasteiger partial charge on any atom is 0.222 e. The minimum atomic E-state index is 0.401. The molecule has 0 aromatic rings. The summed E-state index contributed by atoms with van der Waals surface area (Å²) in [5, 5.41) is 0. The zero-order valence-corrected chi connectivity index (χ0v) is 16.2. The second kappa shape index (κ2) is 15.7. The first-order valence-corrected chi connectivity index (χ1v) is 10.7. The van der Waals surface area contributed by atoms with Gasteiger partial charge in [-0.1, -0.05) is 76.4 Å². The van der Waals surface area contributed by atoms with Gasteiger partial charge in [0, 0.05) is 19.5 Å². The lowest BCUT2D eigenvalue weighted by Gasteiger charge is -2.14. The Labute approximate surface area is 151 Å². The molecule has 2 nitrogen and oxygen atoms in total. The molecule has 0 aromatic carbocycles. The van der Waals surface area contributed by atoms with Gasteiger partial charge in [0.2, 0.25) is 5.91 Å². The number of amides is 1. The maximum absolute atomic E-state index is 11.9. The van der Waals surface area contributed by atoms with Crippen LogP contribution in [0.5, 0.6) is 0 Å². The maximum atomic E-state index is 11.9. The number of nitrogens with zero attached hydrogens (tertiary/aromatic N) is 1. The van der Waals surface area contributed by atoms with Crippen molar-refractivity contribution in [3.05, 3.63) is 12.2 Å². The quantitative estimate of drug-likeness (QED) is 0.242. The molecule has 24 heavy (non-hydrogen) atoms. The van der Waals surface area contributed by atoms with Crippen molar-refractivity contribution in [2.24, 2.45) is 0 Å². The van der Waals surface area contributed by atoms with E-state index in [0.29, 0.717) is 5.91 Å². The highest BCUT2D eigenvalue weighted by Crippen LogP contribution is 2.14. The molecular formula is C22H41NO. The Kier molecular flexibility index (Phi) is 13.9. The average molecular weight is 336 g/mol. The number of rotatable bonds is 15. The molecule has 0 N–H and O–H groups in total.